The van der Waals surface area contributed by atoms with Crippen molar-refractivity contribution in [3.63, 3.8) is 0 Å². The Morgan fingerprint density at radius 1 is 1.60 bits per heavy atom. The third-order valence-electron chi connectivity index (χ3n) is 1.37. The Hall–Kier alpha value is -0.920. The minimum absolute atomic E-state index is 0.0766. The van der Waals surface area contributed by atoms with E-state index in [0.717, 1.165) is 6.42 Å². The minimum atomic E-state index is 0.0766. The van der Waals surface area contributed by atoms with Gasteiger partial charge < -0.3 is 9.84 Å². The Kier molecular flexibility index (Phi) is 2.37. The van der Waals surface area contributed by atoms with Crippen molar-refractivity contribution in [3.8, 4) is 0 Å². The molecule has 0 saturated heterocycles. The van der Waals surface area contributed by atoms with Gasteiger partial charge in [-0.05, 0) is 12.5 Å². The molecule has 0 aliphatic carbocycles. The van der Waals surface area contributed by atoms with E-state index in [-0.39, 0.29) is 5.95 Å². The smallest absolute Gasteiger partial charge is 0.327 e. The fraction of sp³-hybridized carbons (Fsp3) is 0.500. The molecule has 0 aromatic carbocycles. The zero-order valence-electron chi connectivity index (χ0n) is 6.13. The van der Waals surface area contributed by atoms with Crippen LogP contribution in [0.5, 0.6) is 0 Å². The molecule has 56 valence electrons. The first-order valence-electron chi connectivity index (χ1n) is 3.62. The molecule has 10 heavy (non-hydrogen) atoms. The highest BCUT2D eigenvalue weighted by molar-refractivity contribution is 5.23. The molecule has 1 N–H and O–H groups in total. The van der Waals surface area contributed by atoms with Crippen LogP contribution in [0.2, 0.25) is 0 Å². The molecule has 0 saturated carbocycles. The van der Waals surface area contributed by atoms with Gasteiger partial charge >= 0.3 is 5.95 Å². The summed E-state index contributed by atoms with van der Waals surface area (Å²) in [5, 5.41) is 8.59. The largest absolute Gasteiger partial charge is 0.478 e. The normalized spacial score (nSPS) is 16.1. The van der Waals surface area contributed by atoms with Gasteiger partial charge in [0.05, 0.1) is 0 Å². The van der Waals surface area contributed by atoms with E-state index in [1.54, 1.807) is 0 Å². The predicted molar refractivity (Wildman–Crippen MR) is 39.4 cm³/mol. The molecule has 0 radical (unpaired) electrons. The Balaban J connectivity index is 2.07. The van der Waals surface area contributed by atoms with Gasteiger partial charge in [0.25, 0.3) is 0 Å². The molecule has 0 aromatic rings. The Labute approximate surface area is 60.8 Å². The molecule has 1 aliphatic rings. The van der Waals surface area contributed by atoms with Crippen molar-refractivity contribution < 1.29 is 9.84 Å². The average Bonchev–Trinajstić information content (AvgIpc) is 2.60. The first-order chi connectivity index (χ1) is 4.84. The van der Waals surface area contributed by atoms with Gasteiger partial charge in [0.1, 0.15) is 0 Å². The number of rotatable bonds is 4. The van der Waals surface area contributed by atoms with Crippen LogP contribution < -0.4 is 0 Å². The maximum absolute atomic E-state index is 8.59. The van der Waals surface area contributed by atoms with Crippen molar-refractivity contribution in [2.24, 2.45) is 0 Å². The van der Waals surface area contributed by atoms with Crippen LogP contribution in [0.4, 0.5) is 0 Å². The van der Waals surface area contributed by atoms with Gasteiger partial charge in [-0.1, -0.05) is 25.8 Å². The predicted octanol–water partition coefficient (Wildman–Crippen LogP) is 2.49. The lowest BCUT2D eigenvalue weighted by molar-refractivity contribution is 0.278. The fourth-order valence-electron chi connectivity index (χ4n) is 0.696. The monoisotopic (exact) mass is 140 g/mol. The average molecular weight is 140 g/mol. The molecular weight excluding hydrogens is 128 g/mol. The molecule has 0 unspecified atom stereocenters. The molecule has 0 aromatic heterocycles. The summed E-state index contributed by atoms with van der Waals surface area (Å²) in [6.07, 6.45) is 7.30. The second kappa shape index (κ2) is 3.30. The maximum atomic E-state index is 8.59. The van der Waals surface area contributed by atoms with Crippen LogP contribution in [-0.4, -0.2) is 5.11 Å². The molecule has 2 nitrogen and oxygen atoms in total. The number of unbranched alkanes of at least 4 members (excludes halogenated alkanes) is 2. The second-order valence-corrected chi connectivity index (χ2v) is 2.32. The van der Waals surface area contributed by atoms with E-state index in [2.05, 4.69) is 11.7 Å². The highest BCUT2D eigenvalue weighted by Gasteiger charge is 2.19. The van der Waals surface area contributed by atoms with Crippen LogP contribution >= 0.6 is 0 Å². The van der Waals surface area contributed by atoms with Crippen LogP contribution in [0.15, 0.2) is 23.9 Å². The lowest BCUT2D eigenvalue weighted by Crippen LogP contribution is -1.65. The van der Waals surface area contributed by atoms with Crippen LogP contribution in [0.3, 0.4) is 0 Å². The first kappa shape index (κ1) is 7.19. The zero-order valence-corrected chi connectivity index (χ0v) is 6.13. The lowest BCUT2D eigenvalue weighted by atomic mass is 10.2. The molecule has 1 rings (SSSR count). The van der Waals surface area contributed by atoms with Crippen molar-refractivity contribution in [1.82, 2.24) is 0 Å². The molecule has 0 fully saturated rings. The summed E-state index contributed by atoms with van der Waals surface area (Å²) in [6.45, 7) is 2.15. The summed E-state index contributed by atoms with van der Waals surface area (Å²) in [5.74, 6) is 0.698. The molecule has 1 heterocycles. The van der Waals surface area contributed by atoms with E-state index >= 15 is 0 Å². The zero-order chi connectivity index (χ0) is 7.40. The summed E-state index contributed by atoms with van der Waals surface area (Å²) in [7, 11) is 0. The number of hydrogen-bond acceptors (Lipinski definition) is 2. The standard InChI is InChI=1S/C8H12O2/c1-2-3-4-5-6-7-8(9)10-7/h5-6,9H,2-4H2,1H3/b6-5+. The summed E-state index contributed by atoms with van der Waals surface area (Å²) in [6, 6.07) is 0. The van der Waals surface area contributed by atoms with Crippen molar-refractivity contribution >= 4 is 0 Å². The van der Waals surface area contributed by atoms with E-state index in [4.69, 9.17) is 5.11 Å². The number of hydrogen-bond donors (Lipinski definition) is 1. The van der Waals surface area contributed by atoms with E-state index in [0.29, 0.717) is 5.76 Å². The number of aliphatic hydroxyl groups is 1. The van der Waals surface area contributed by atoms with Gasteiger partial charge in [0.2, 0.25) is 5.76 Å². The molecule has 0 amide bonds. The van der Waals surface area contributed by atoms with Crippen molar-refractivity contribution in [3.05, 3.63) is 23.9 Å². The van der Waals surface area contributed by atoms with E-state index in [9.17, 15) is 0 Å². The molecule has 0 spiro atoms. The summed E-state index contributed by atoms with van der Waals surface area (Å²) < 4.78 is 4.60. The van der Waals surface area contributed by atoms with Gasteiger partial charge in [0, 0.05) is 0 Å². The summed E-state index contributed by atoms with van der Waals surface area (Å²) in [4.78, 5) is 0. The third-order valence-corrected chi connectivity index (χ3v) is 1.37. The highest BCUT2D eigenvalue weighted by Crippen LogP contribution is 2.23. The molecule has 2 heteroatoms. The van der Waals surface area contributed by atoms with Crippen molar-refractivity contribution in [1.29, 1.82) is 0 Å². The van der Waals surface area contributed by atoms with Gasteiger partial charge in [-0.2, -0.15) is 0 Å². The summed E-state index contributed by atoms with van der Waals surface area (Å²) >= 11 is 0. The Bertz CT molecular complexity index is 168. The van der Waals surface area contributed by atoms with Crippen molar-refractivity contribution in [2.45, 2.75) is 26.2 Å². The van der Waals surface area contributed by atoms with Crippen LogP contribution in [0, 0.1) is 0 Å². The third kappa shape index (κ3) is 2.13. The topological polar surface area (TPSA) is 32.8 Å². The minimum Gasteiger partial charge on any atom is -0.478 e. The number of ether oxygens (including phenoxy) is 1. The van der Waals surface area contributed by atoms with Crippen LogP contribution in [0.25, 0.3) is 0 Å². The van der Waals surface area contributed by atoms with E-state index in [1.165, 1.54) is 12.8 Å². The molecule has 1 aliphatic heterocycles. The van der Waals surface area contributed by atoms with Gasteiger partial charge in [0.15, 0.2) is 0 Å². The Morgan fingerprint density at radius 3 is 2.80 bits per heavy atom. The molecule has 0 bridgehead atoms. The van der Waals surface area contributed by atoms with E-state index in [1.807, 2.05) is 12.2 Å². The first-order valence-corrected chi connectivity index (χ1v) is 3.62. The molecular formula is C8H12O2. The summed E-state index contributed by atoms with van der Waals surface area (Å²) in [5.41, 5.74) is 0. The van der Waals surface area contributed by atoms with Crippen LogP contribution in [-0.2, 0) is 4.74 Å². The van der Waals surface area contributed by atoms with Gasteiger partial charge in [-0.25, -0.2) is 0 Å². The lowest BCUT2D eigenvalue weighted by Gasteiger charge is -1.84. The number of aliphatic hydroxyl groups excluding tert-OH is 1. The van der Waals surface area contributed by atoms with Crippen molar-refractivity contribution in [2.75, 3.05) is 0 Å². The SMILES string of the molecule is CCCC/C=C/C1=C(O)O1. The number of allylic oxidation sites excluding steroid dienone is 2. The maximum Gasteiger partial charge on any atom is 0.327 e. The molecule has 0 atom stereocenters. The van der Waals surface area contributed by atoms with Crippen LogP contribution in [0.1, 0.15) is 26.2 Å². The van der Waals surface area contributed by atoms with Gasteiger partial charge in [-0.3, -0.25) is 0 Å². The second-order valence-electron chi connectivity index (χ2n) is 2.32. The highest BCUT2D eigenvalue weighted by atomic mass is 16.7. The Morgan fingerprint density at radius 2 is 2.30 bits per heavy atom. The van der Waals surface area contributed by atoms with Gasteiger partial charge in [-0.15, -0.1) is 0 Å². The fourth-order valence-corrected chi connectivity index (χ4v) is 0.696. The quantitative estimate of drug-likeness (QED) is 0.608. The van der Waals surface area contributed by atoms with E-state index < -0.39 is 0 Å².